The molecule has 0 radical (unpaired) electrons. The Labute approximate surface area is 63.0 Å². The standard InChI is InChI=1S/C6H11O.Li/c1-3-4-6(2)5-7;/h3-4,6H,5H2,1-2H3;/q-1;+1/b4-3-;/t6-;/m0./s1. The zero-order chi connectivity index (χ0) is 5.70. The van der Waals surface area contributed by atoms with Gasteiger partial charge in [-0.25, -0.2) is 0 Å². The first-order chi connectivity index (χ1) is 3.31. The summed E-state index contributed by atoms with van der Waals surface area (Å²) in [6, 6.07) is 0. The van der Waals surface area contributed by atoms with E-state index in [4.69, 9.17) is 0 Å². The van der Waals surface area contributed by atoms with Gasteiger partial charge in [-0.1, -0.05) is 19.1 Å². The molecule has 0 saturated carbocycles. The van der Waals surface area contributed by atoms with Gasteiger partial charge in [-0.15, -0.1) is 6.61 Å². The Morgan fingerprint density at radius 1 is 1.62 bits per heavy atom. The van der Waals surface area contributed by atoms with Crippen LogP contribution >= 0.6 is 0 Å². The van der Waals surface area contributed by atoms with Crippen molar-refractivity contribution in [3.8, 4) is 0 Å². The molecule has 0 spiro atoms. The zero-order valence-corrected chi connectivity index (χ0v) is 5.85. The van der Waals surface area contributed by atoms with E-state index in [1.807, 2.05) is 26.0 Å². The van der Waals surface area contributed by atoms with E-state index >= 15 is 0 Å². The van der Waals surface area contributed by atoms with E-state index in [1.54, 1.807) is 0 Å². The van der Waals surface area contributed by atoms with Gasteiger partial charge in [0.1, 0.15) is 0 Å². The van der Waals surface area contributed by atoms with Crippen molar-refractivity contribution in [1.82, 2.24) is 0 Å². The molecule has 42 valence electrons. The van der Waals surface area contributed by atoms with Gasteiger partial charge in [0.05, 0.1) is 0 Å². The Kier molecular flexibility index (Phi) is 10.2. The first kappa shape index (κ1) is 11.1. The molecule has 0 aliphatic heterocycles. The summed E-state index contributed by atoms with van der Waals surface area (Å²) in [5, 5.41) is 9.97. The second kappa shape index (κ2) is 7.30. The first-order valence-electron chi connectivity index (χ1n) is 2.52. The van der Waals surface area contributed by atoms with Gasteiger partial charge in [-0.05, 0) is 12.8 Å². The fourth-order valence-electron chi connectivity index (χ4n) is 0.384. The third-order valence-electron chi connectivity index (χ3n) is 0.784. The molecule has 0 aromatic rings. The minimum atomic E-state index is 0. The van der Waals surface area contributed by atoms with Crippen LogP contribution in [0.25, 0.3) is 0 Å². The van der Waals surface area contributed by atoms with E-state index < -0.39 is 0 Å². The molecule has 0 rings (SSSR count). The van der Waals surface area contributed by atoms with Crippen molar-refractivity contribution in [2.24, 2.45) is 5.92 Å². The number of allylic oxidation sites excluding steroid dienone is 1. The summed E-state index contributed by atoms with van der Waals surface area (Å²) in [5.41, 5.74) is 0. The van der Waals surface area contributed by atoms with Gasteiger partial charge < -0.3 is 5.11 Å². The van der Waals surface area contributed by atoms with Crippen LogP contribution in [0.4, 0.5) is 0 Å². The van der Waals surface area contributed by atoms with Crippen LogP contribution in [-0.4, -0.2) is 6.61 Å². The van der Waals surface area contributed by atoms with Gasteiger partial charge in [-0.3, -0.25) is 0 Å². The molecular weight excluding hydrogens is 95.0 g/mol. The average molecular weight is 106 g/mol. The first-order valence-corrected chi connectivity index (χ1v) is 2.52. The molecule has 0 unspecified atom stereocenters. The number of hydrogen-bond donors (Lipinski definition) is 0. The quantitative estimate of drug-likeness (QED) is 0.283. The Bertz CT molecular complexity index is 61.5. The molecule has 0 aliphatic carbocycles. The Balaban J connectivity index is 0. The molecule has 0 aliphatic rings. The van der Waals surface area contributed by atoms with E-state index in [0.717, 1.165) is 0 Å². The number of hydrogen-bond acceptors (Lipinski definition) is 1. The van der Waals surface area contributed by atoms with Crippen molar-refractivity contribution in [3.63, 3.8) is 0 Å². The molecule has 8 heavy (non-hydrogen) atoms. The maximum Gasteiger partial charge on any atom is 1.00 e. The maximum atomic E-state index is 9.97. The van der Waals surface area contributed by atoms with Crippen LogP contribution in [0, 0.1) is 5.92 Å². The van der Waals surface area contributed by atoms with Gasteiger partial charge in [0, 0.05) is 0 Å². The molecule has 0 aromatic carbocycles. The summed E-state index contributed by atoms with van der Waals surface area (Å²) in [4.78, 5) is 0. The molecule has 0 amide bonds. The van der Waals surface area contributed by atoms with Crippen molar-refractivity contribution in [1.29, 1.82) is 0 Å². The van der Waals surface area contributed by atoms with E-state index in [9.17, 15) is 5.11 Å². The molecular formula is C6H11LiO. The average Bonchev–Trinajstić information content (AvgIpc) is 1.68. The molecule has 1 atom stereocenters. The largest absolute Gasteiger partial charge is 1.00 e. The van der Waals surface area contributed by atoms with Crippen molar-refractivity contribution in [2.75, 3.05) is 6.61 Å². The Morgan fingerprint density at radius 3 is 2.25 bits per heavy atom. The second-order valence-electron chi connectivity index (χ2n) is 1.67. The molecule has 0 N–H and O–H groups in total. The van der Waals surface area contributed by atoms with Crippen LogP contribution in [0.3, 0.4) is 0 Å². The zero-order valence-electron chi connectivity index (χ0n) is 5.85. The fraction of sp³-hybridized carbons (Fsp3) is 0.667. The van der Waals surface area contributed by atoms with Gasteiger partial charge in [0.2, 0.25) is 0 Å². The third-order valence-corrected chi connectivity index (χ3v) is 0.784. The second-order valence-corrected chi connectivity index (χ2v) is 1.67. The van der Waals surface area contributed by atoms with Crippen LogP contribution in [-0.2, 0) is 0 Å². The molecule has 0 saturated heterocycles. The van der Waals surface area contributed by atoms with Gasteiger partial charge in [-0.2, -0.15) is 0 Å². The molecule has 1 nitrogen and oxygen atoms in total. The summed E-state index contributed by atoms with van der Waals surface area (Å²) in [7, 11) is 0. The van der Waals surface area contributed by atoms with Crippen LogP contribution in [0.5, 0.6) is 0 Å². The van der Waals surface area contributed by atoms with E-state index in [0.29, 0.717) is 0 Å². The van der Waals surface area contributed by atoms with Crippen LogP contribution in [0.2, 0.25) is 0 Å². The summed E-state index contributed by atoms with van der Waals surface area (Å²) in [5.74, 6) is 0.213. The Morgan fingerprint density at radius 2 is 2.12 bits per heavy atom. The van der Waals surface area contributed by atoms with Crippen molar-refractivity contribution < 1.29 is 24.0 Å². The van der Waals surface area contributed by atoms with Crippen molar-refractivity contribution >= 4 is 0 Å². The normalized spacial score (nSPS) is 13.4. The smallest absolute Gasteiger partial charge is 0.854 e. The monoisotopic (exact) mass is 106 g/mol. The summed E-state index contributed by atoms with van der Waals surface area (Å²) in [6.45, 7) is 3.84. The summed E-state index contributed by atoms with van der Waals surface area (Å²) in [6.07, 6.45) is 3.82. The summed E-state index contributed by atoms with van der Waals surface area (Å²) < 4.78 is 0. The van der Waals surface area contributed by atoms with Crippen LogP contribution in [0.15, 0.2) is 12.2 Å². The topological polar surface area (TPSA) is 23.1 Å². The van der Waals surface area contributed by atoms with E-state index in [2.05, 4.69) is 0 Å². The molecule has 0 aromatic heterocycles. The molecule has 0 fully saturated rings. The van der Waals surface area contributed by atoms with Crippen LogP contribution < -0.4 is 24.0 Å². The van der Waals surface area contributed by atoms with Crippen LogP contribution in [0.1, 0.15) is 13.8 Å². The molecule has 0 bridgehead atoms. The number of rotatable bonds is 2. The molecule has 0 heterocycles. The summed E-state index contributed by atoms with van der Waals surface area (Å²) >= 11 is 0. The van der Waals surface area contributed by atoms with Gasteiger partial charge in [0.15, 0.2) is 0 Å². The van der Waals surface area contributed by atoms with Gasteiger partial charge in [0.25, 0.3) is 0 Å². The van der Waals surface area contributed by atoms with Crippen molar-refractivity contribution in [3.05, 3.63) is 12.2 Å². The Hall–Kier alpha value is 0.297. The van der Waals surface area contributed by atoms with Crippen molar-refractivity contribution in [2.45, 2.75) is 13.8 Å². The van der Waals surface area contributed by atoms with Gasteiger partial charge >= 0.3 is 18.9 Å². The minimum absolute atomic E-state index is 0. The predicted octanol–water partition coefficient (Wildman–Crippen LogP) is -2.44. The SMILES string of the molecule is C/C=C\[C@H](C)C[O-].[Li+]. The predicted molar refractivity (Wildman–Crippen MR) is 28.8 cm³/mol. The maximum absolute atomic E-state index is 9.97. The fourth-order valence-corrected chi connectivity index (χ4v) is 0.384. The molecule has 2 heteroatoms. The third kappa shape index (κ3) is 6.30. The van der Waals surface area contributed by atoms with E-state index in [-0.39, 0.29) is 31.4 Å². The van der Waals surface area contributed by atoms with E-state index in [1.165, 1.54) is 0 Å². The minimum Gasteiger partial charge on any atom is -0.854 e.